The first kappa shape index (κ1) is 17.1. The van der Waals surface area contributed by atoms with Gasteiger partial charge < -0.3 is 14.5 Å². The summed E-state index contributed by atoms with van der Waals surface area (Å²) < 4.78 is 11.0. The second kappa shape index (κ2) is 7.13. The van der Waals surface area contributed by atoms with E-state index in [4.69, 9.17) is 20.8 Å². The van der Waals surface area contributed by atoms with Gasteiger partial charge in [0.1, 0.15) is 11.3 Å². The molecule has 0 atom stereocenters. The monoisotopic (exact) mass is 378 g/mol. The lowest BCUT2D eigenvalue weighted by molar-refractivity contribution is 0.102. The highest BCUT2D eigenvalue weighted by Crippen LogP contribution is 2.28. The summed E-state index contributed by atoms with van der Waals surface area (Å²) in [7, 11) is 1.53. The van der Waals surface area contributed by atoms with Crippen LogP contribution in [-0.2, 0) is 0 Å². The maximum atomic E-state index is 12.6. The van der Waals surface area contributed by atoms with Gasteiger partial charge in [-0.05, 0) is 48.5 Å². The van der Waals surface area contributed by atoms with Crippen LogP contribution in [0.1, 0.15) is 10.4 Å². The Morgan fingerprint density at radius 1 is 1.07 bits per heavy atom. The number of methoxy groups -OCH3 is 1. The molecular weight excluding hydrogens is 364 g/mol. The summed E-state index contributed by atoms with van der Waals surface area (Å²) in [5.41, 5.74) is 3.17. The topological polar surface area (TPSA) is 64.4 Å². The Morgan fingerprint density at radius 2 is 1.93 bits per heavy atom. The molecule has 4 aromatic rings. The van der Waals surface area contributed by atoms with Crippen LogP contribution < -0.4 is 10.1 Å². The maximum absolute atomic E-state index is 12.6. The van der Waals surface area contributed by atoms with Gasteiger partial charge in [0.2, 0.25) is 5.89 Å². The van der Waals surface area contributed by atoms with Gasteiger partial charge in [0.05, 0.1) is 12.7 Å². The molecule has 0 aliphatic carbocycles. The van der Waals surface area contributed by atoms with Crippen LogP contribution in [0.15, 0.2) is 71.1 Å². The maximum Gasteiger partial charge on any atom is 0.259 e. The second-order valence-corrected chi connectivity index (χ2v) is 6.30. The number of aromatic nitrogens is 1. The molecule has 1 amide bonds. The van der Waals surface area contributed by atoms with Crippen LogP contribution in [0.25, 0.3) is 22.6 Å². The minimum Gasteiger partial charge on any atom is -0.496 e. The quantitative estimate of drug-likeness (QED) is 0.515. The Labute approximate surface area is 160 Å². The van der Waals surface area contributed by atoms with E-state index in [1.165, 1.54) is 7.11 Å². The number of halogens is 1. The fourth-order valence-corrected chi connectivity index (χ4v) is 2.95. The summed E-state index contributed by atoms with van der Waals surface area (Å²) in [6, 6.07) is 19.6. The molecule has 0 radical (unpaired) electrons. The molecule has 0 fully saturated rings. The van der Waals surface area contributed by atoms with E-state index in [2.05, 4.69) is 10.3 Å². The first-order chi connectivity index (χ1) is 13.1. The summed E-state index contributed by atoms with van der Waals surface area (Å²) in [5.74, 6) is 0.719. The van der Waals surface area contributed by atoms with E-state index in [1.807, 2.05) is 18.2 Å². The Balaban J connectivity index is 1.63. The number of oxazole rings is 1. The van der Waals surface area contributed by atoms with Crippen molar-refractivity contribution in [3.05, 3.63) is 77.3 Å². The van der Waals surface area contributed by atoms with Crippen molar-refractivity contribution in [3.8, 4) is 17.2 Å². The fraction of sp³-hybridized carbons (Fsp3) is 0.0476. The van der Waals surface area contributed by atoms with Crippen molar-refractivity contribution in [1.29, 1.82) is 0 Å². The second-order valence-electron chi connectivity index (χ2n) is 5.87. The van der Waals surface area contributed by atoms with Crippen molar-refractivity contribution in [1.82, 2.24) is 4.98 Å². The minimum absolute atomic E-state index is 0.256. The molecule has 0 bridgehead atoms. The van der Waals surface area contributed by atoms with Crippen LogP contribution >= 0.6 is 11.6 Å². The van der Waals surface area contributed by atoms with Crippen LogP contribution in [0, 0.1) is 0 Å². The lowest BCUT2D eigenvalue weighted by atomic mass is 10.1. The third-order valence-electron chi connectivity index (χ3n) is 4.07. The van der Waals surface area contributed by atoms with Gasteiger partial charge in [-0.2, -0.15) is 0 Å². The van der Waals surface area contributed by atoms with Crippen molar-refractivity contribution in [2.45, 2.75) is 0 Å². The normalized spacial score (nSPS) is 10.7. The van der Waals surface area contributed by atoms with Gasteiger partial charge in [0, 0.05) is 16.3 Å². The van der Waals surface area contributed by atoms with Gasteiger partial charge in [0.15, 0.2) is 5.58 Å². The third kappa shape index (κ3) is 3.50. The number of para-hydroxylation sites is 1. The van der Waals surface area contributed by atoms with Gasteiger partial charge in [-0.3, -0.25) is 4.79 Å². The summed E-state index contributed by atoms with van der Waals surface area (Å²) >= 11 is 6.00. The Hall–Kier alpha value is -3.31. The molecular formula is C21H15ClN2O3. The summed E-state index contributed by atoms with van der Waals surface area (Å²) in [6.07, 6.45) is 0. The average molecular weight is 379 g/mol. The van der Waals surface area contributed by atoms with Gasteiger partial charge in [-0.15, -0.1) is 0 Å². The summed E-state index contributed by atoms with van der Waals surface area (Å²) in [4.78, 5) is 17.0. The lowest BCUT2D eigenvalue weighted by Gasteiger charge is -2.09. The third-order valence-corrected chi connectivity index (χ3v) is 4.30. The van der Waals surface area contributed by atoms with Gasteiger partial charge in [-0.25, -0.2) is 4.98 Å². The van der Waals surface area contributed by atoms with Gasteiger partial charge >= 0.3 is 0 Å². The van der Waals surface area contributed by atoms with E-state index in [0.29, 0.717) is 39.0 Å². The average Bonchev–Trinajstić information content (AvgIpc) is 3.11. The zero-order chi connectivity index (χ0) is 18.8. The van der Waals surface area contributed by atoms with Crippen molar-refractivity contribution < 1.29 is 13.9 Å². The number of anilines is 1. The number of hydrogen-bond donors (Lipinski definition) is 1. The van der Waals surface area contributed by atoms with Gasteiger partial charge in [-0.1, -0.05) is 29.8 Å². The molecule has 5 nitrogen and oxygen atoms in total. The number of carbonyl (C=O) groups is 1. The molecule has 134 valence electrons. The zero-order valence-electron chi connectivity index (χ0n) is 14.4. The van der Waals surface area contributed by atoms with E-state index in [1.54, 1.807) is 48.5 Å². The van der Waals surface area contributed by atoms with Crippen LogP contribution in [0.2, 0.25) is 5.02 Å². The Bertz CT molecular complexity index is 1140. The first-order valence-corrected chi connectivity index (χ1v) is 8.63. The molecule has 1 aromatic heterocycles. The molecule has 0 aliphatic heterocycles. The molecule has 0 aliphatic rings. The number of fused-ring (bicyclic) bond motifs is 1. The van der Waals surface area contributed by atoms with Crippen LogP contribution in [0.5, 0.6) is 5.75 Å². The molecule has 6 heteroatoms. The van der Waals surface area contributed by atoms with E-state index in [-0.39, 0.29) is 5.91 Å². The standard InChI is InChI=1S/C21H15ClN2O3/c1-26-18-8-3-2-7-16(18)20(25)23-15-6-4-5-13(11-15)21-24-17-12-14(22)9-10-19(17)27-21/h2-12H,1H3,(H,23,25). The van der Waals surface area contributed by atoms with E-state index in [9.17, 15) is 4.79 Å². The van der Waals surface area contributed by atoms with Crippen molar-refractivity contribution in [2.75, 3.05) is 12.4 Å². The number of rotatable bonds is 4. The minimum atomic E-state index is -0.256. The molecule has 0 unspecified atom stereocenters. The van der Waals surface area contributed by atoms with Crippen molar-refractivity contribution in [3.63, 3.8) is 0 Å². The summed E-state index contributed by atoms with van der Waals surface area (Å²) in [6.45, 7) is 0. The van der Waals surface area contributed by atoms with E-state index in [0.717, 1.165) is 5.56 Å². The number of carbonyl (C=O) groups excluding carboxylic acids is 1. The highest BCUT2D eigenvalue weighted by atomic mass is 35.5. The van der Waals surface area contributed by atoms with Crippen molar-refractivity contribution >= 4 is 34.3 Å². The number of amides is 1. The largest absolute Gasteiger partial charge is 0.496 e. The highest BCUT2D eigenvalue weighted by Gasteiger charge is 2.13. The molecule has 0 spiro atoms. The predicted molar refractivity (Wildman–Crippen MR) is 105 cm³/mol. The first-order valence-electron chi connectivity index (χ1n) is 8.25. The fourth-order valence-electron chi connectivity index (χ4n) is 2.78. The molecule has 3 aromatic carbocycles. The smallest absolute Gasteiger partial charge is 0.259 e. The molecule has 1 heterocycles. The summed E-state index contributed by atoms with van der Waals surface area (Å²) in [5, 5.41) is 3.47. The molecule has 0 saturated carbocycles. The number of nitrogens with zero attached hydrogens (tertiary/aromatic N) is 1. The number of hydrogen-bond acceptors (Lipinski definition) is 4. The van der Waals surface area contributed by atoms with E-state index < -0.39 is 0 Å². The van der Waals surface area contributed by atoms with Crippen LogP contribution in [0.4, 0.5) is 5.69 Å². The number of nitrogens with one attached hydrogen (secondary N) is 1. The number of benzene rings is 3. The number of ether oxygens (including phenoxy) is 1. The molecule has 0 saturated heterocycles. The van der Waals surface area contributed by atoms with Crippen LogP contribution in [0.3, 0.4) is 0 Å². The Kier molecular flexibility index (Phi) is 4.52. The van der Waals surface area contributed by atoms with Gasteiger partial charge in [0.25, 0.3) is 5.91 Å². The molecule has 27 heavy (non-hydrogen) atoms. The van der Waals surface area contributed by atoms with Crippen LogP contribution in [-0.4, -0.2) is 18.0 Å². The predicted octanol–water partition coefficient (Wildman–Crippen LogP) is 5.41. The zero-order valence-corrected chi connectivity index (χ0v) is 15.2. The van der Waals surface area contributed by atoms with E-state index >= 15 is 0 Å². The SMILES string of the molecule is COc1ccccc1C(=O)Nc1cccc(-c2nc3cc(Cl)ccc3o2)c1. The molecule has 4 rings (SSSR count). The van der Waals surface area contributed by atoms with Crippen molar-refractivity contribution in [2.24, 2.45) is 0 Å². The highest BCUT2D eigenvalue weighted by molar-refractivity contribution is 6.31. The Morgan fingerprint density at radius 3 is 2.78 bits per heavy atom. The lowest BCUT2D eigenvalue weighted by Crippen LogP contribution is -2.13. The molecule has 1 N–H and O–H groups in total.